The summed E-state index contributed by atoms with van der Waals surface area (Å²) in [5.74, 6) is 2.60. The van der Waals surface area contributed by atoms with Crippen LogP contribution in [-0.4, -0.2) is 25.8 Å². The minimum absolute atomic E-state index is 0.575. The molecule has 2 heteroatoms. The van der Waals surface area contributed by atoms with E-state index in [9.17, 15) is 0 Å². The molecule has 0 radical (unpaired) electrons. The van der Waals surface area contributed by atoms with Gasteiger partial charge in [-0.1, -0.05) is 34.1 Å². The molecule has 0 amide bonds. The van der Waals surface area contributed by atoms with E-state index in [1.54, 1.807) is 0 Å². The molecule has 0 saturated heterocycles. The summed E-state index contributed by atoms with van der Waals surface area (Å²) in [5, 5.41) is 3.71. The van der Waals surface area contributed by atoms with Gasteiger partial charge in [0.25, 0.3) is 0 Å². The molecular formula is C16H33NO. The first kappa shape index (κ1) is 16.0. The van der Waals surface area contributed by atoms with Gasteiger partial charge in [-0.15, -0.1) is 0 Å². The van der Waals surface area contributed by atoms with E-state index in [1.807, 2.05) is 0 Å². The van der Waals surface area contributed by atoms with Crippen molar-refractivity contribution in [3.8, 4) is 0 Å². The lowest BCUT2D eigenvalue weighted by Crippen LogP contribution is -2.43. The smallest absolute Gasteiger partial charge is 0.0622 e. The van der Waals surface area contributed by atoms with Gasteiger partial charge in [-0.3, -0.25) is 0 Å². The normalized spacial score (nSPS) is 30.3. The molecule has 4 atom stereocenters. The molecule has 1 saturated carbocycles. The molecule has 0 aromatic carbocycles. The highest BCUT2D eigenvalue weighted by Gasteiger charge is 2.29. The Hall–Kier alpha value is -0.0800. The molecule has 0 aromatic heterocycles. The van der Waals surface area contributed by atoms with Crippen LogP contribution in [0.5, 0.6) is 0 Å². The minimum Gasteiger partial charge on any atom is -0.380 e. The Morgan fingerprint density at radius 2 is 1.89 bits per heavy atom. The number of hydrogen-bond donors (Lipinski definition) is 1. The SMILES string of the molecule is CCCNC(COCCC)C1CCC(C)C(C)C1. The van der Waals surface area contributed by atoms with E-state index in [-0.39, 0.29) is 0 Å². The minimum atomic E-state index is 0.575. The van der Waals surface area contributed by atoms with Gasteiger partial charge in [-0.05, 0) is 50.0 Å². The summed E-state index contributed by atoms with van der Waals surface area (Å²) in [4.78, 5) is 0. The van der Waals surface area contributed by atoms with Crippen LogP contribution in [0.15, 0.2) is 0 Å². The summed E-state index contributed by atoms with van der Waals surface area (Å²) < 4.78 is 5.79. The molecule has 2 nitrogen and oxygen atoms in total. The van der Waals surface area contributed by atoms with E-state index < -0.39 is 0 Å². The van der Waals surface area contributed by atoms with Gasteiger partial charge in [0.15, 0.2) is 0 Å². The van der Waals surface area contributed by atoms with Gasteiger partial charge in [0, 0.05) is 12.6 Å². The van der Waals surface area contributed by atoms with E-state index in [2.05, 4.69) is 33.0 Å². The zero-order valence-electron chi connectivity index (χ0n) is 12.9. The van der Waals surface area contributed by atoms with E-state index in [0.29, 0.717) is 6.04 Å². The van der Waals surface area contributed by atoms with Crippen molar-refractivity contribution in [2.45, 2.75) is 65.8 Å². The van der Waals surface area contributed by atoms with E-state index >= 15 is 0 Å². The molecule has 1 N–H and O–H groups in total. The molecule has 18 heavy (non-hydrogen) atoms. The third-order valence-corrected chi connectivity index (χ3v) is 4.51. The lowest BCUT2D eigenvalue weighted by molar-refractivity contribution is 0.0710. The first-order valence-electron chi connectivity index (χ1n) is 8.00. The number of rotatable bonds is 8. The van der Waals surface area contributed by atoms with Crippen molar-refractivity contribution in [2.75, 3.05) is 19.8 Å². The predicted molar refractivity (Wildman–Crippen MR) is 78.9 cm³/mol. The lowest BCUT2D eigenvalue weighted by atomic mass is 9.73. The van der Waals surface area contributed by atoms with Crippen molar-refractivity contribution in [3.63, 3.8) is 0 Å². The molecule has 4 unspecified atom stereocenters. The fourth-order valence-electron chi connectivity index (χ4n) is 3.00. The van der Waals surface area contributed by atoms with Crippen molar-refractivity contribution < 1.29 is 4.74 Å². The van der Waals surface area contributed by atoms with E-state index in [1.165, 1.54) is 25.7 Å². The maximum atomic E-state index is 5.79. The average Bonchev–Trinajstić information content (AvgIpc) is 2.37. The Kier molecular flexibility index (Phi) is 7.92. The molecule has 108 valence electrons. The first-order chi connectivity index (χ1) is 8.69. The van der Waals surface area contributed by atoms with Gasteiger partial charge in [0.05, 0.1) is 6.61 Å². The van der Waals surface area contributed by atoms with Crippen molar-refractivity contribution >= 4 is 0 Å². The third-order valence-electron chi connectivity index (χ3n) is 4.51. The first-order valence-corrected chi connectivity index (χ1v) is 8.00. The predicted octanol–water partition coefficient (Wildman–Crippen LogP) is 3.85. The average molecular weight is 255 g/mol. The standard InChI is InChI=1S/C16H33NO/c1-5-9-17-16(12-18-10-6-2)15-8-7-13(3)14(4)11-15/h13-17H,5-12H2,1-4H3. The molecule has 0 bridgehead atoms. The second-order valence-corrected chi connectivity index (χ2v) is 6.16. The fourth-order valence-corrected chi connectivity index (χ4v) is 3.00. The number of hydrogen-bond acceptors (Lipinski definition) is 2. The summed E-state index contributed by atoms with van der Waals surface area (Å²) in [7, 11) is 0. The van der Waals surface area contributed by atoms with Crippen LogP contribution in [0.3, 0.4) is 0 Å². The molecule has 0 aromatic rings. The highest BCUT2D eigenvalue weighted by molar-refractivity contribution is 4.83. The van der Waals surface area contributed by atoms with Crippen LogP contribution in [0, 0.1) is 17.8 Å². The largest absolute Gasteiger partial charge is 0.380 e. The molecule has 1 fully saturated rings. The van der Waals surface area contributed by atoms with Gasteiger partial charge in [0.2, 0.25) is 0 Å². The maximum absolute atomic E-state index is 5.79. The van der Waals surface area contributed by atoms with Gasteiger partial charge in [-0.25, -0.2) is 0 Å². The Morgan fingerprint density at radius 3 is 2.50 bits per heavy atom. The molecule has 1 rings (SSSR count). The van der Waals surface area contributed by atoms with Crippen LogP contribution in [-0.2, 0) is 4.74 Å². The number of nitrogens with one attached hydrogen (secondary N) is 1. The summed E-state index contributed by atoms with van der Waals surface area (Å²) >= 11 is 0. The van der Waals surface area contributed by atoms with Crippen LogP contribution < -0.4 is 5.32 Å². The molecule has 0 heterocycles. The fraction of sp³-hybridized carbons (Fsp3) is 1.00. The maximum Gasteiger partial charge on any atom is 0.0622 e. The van der Waals surface area contributed by atoms with Crippen LogP contribution in [0.25, 0.3) is 0 Å². The van der Waals surface area contributed by atoms with Crippen LogP contribution in [0.4, 0.5) is 0 Å². The van der Waals surface area contributed by atoms with Crippen molar-refractivity contribution in [2.24, 2.45) is 17.8 Å². The summed E-state index contributed by atoms with van der Waals surface area (Å²) in [6, 6.07) is 0.575. The van der Waals surface area contributed by atoms with Gasteiger partial charge < -0.3 is 10.1 Å². The Balaban J connectivity index is 2.42. The second-order valence-electron chi connectivity index (χ2n) is 6.16. The van der Waals surface area contributed by atoms with Crippen molar-refractivity contribution in [1.82, 2.24) is 5.32 Å². The highest BCUT2D eigenvalue weighted by Crippen LogP contribution is 2.35. The van der Waals surface area contributed by atoms with Crippen molar-refractivity contribution in [1.29, 1.82) is 0 Å². The Morgan fingerprint density at radius 1 is 1.11 bits per heavy atom. The summed E-state index contributed by atoms with van der Waals surface area (Å²) in [6.07, 6.45) is 6.48. The highest BCUT2D eigenvalue weighted by atomic mass is 16.5. The molecular weight excluding hydrogens is 222 g/mol. The monoisotopic (exact) mass is 255 g/mol. The summed E-state index contributed by atoms with van der Waals surface area (Å²) in [6.45, 7) is 12.2. The molecule has 0 aliphatic heterocycles. The topological polar surface area (TPSA) is 21.3 Å². The zero-order valence-corrected chi connectivity index (χ0v) is 12.9. The molecule has 1 aliphatic rings. The Bertz CT molecular complexity index is 207. The van der Waals surface area contributed by atoms with Gasteiger partial charge in [-0.2, -0.15) is 0 Å². The lowest BCUT2D eigenvalue weighted by Gasteiger charge is -2.37. The third kappa shape index (κ3) is 5.27. The van der Waals surface area contributed by atoms with E-state index in [0.717, 1.165) is 43.9 Å². The summed E-state index contributed by atoms with van der Waals surface area (Å²) in [5.41, 5.74) is 0. The van der Waals surface area contributed by atoms with Crippen LogP contribution >= 0.6 is 0 Å². The molecule has 1 aliphatic carbocycles. The van der Waals surface area contributed by atoms with Gasteiger partial charge >= 0.3 is 0 Å². The quantitative estimate of drug-likeness (QED) is 0.665. The zero-order chi connectivity index (χ0) is 13.4. The Labute approximate surface area is 114 Å². The van der Waals surface area contributed by atoms with Crippen molar-refractivity contribution in [3.05, 3.63) is 0 Å². The van der Waals surface area contributed by atoms with Crippen LogP contribution in [0.1, 0.15) is 59.8 Å². The second kappa shape index (κ2) is 8.92. The van der Waals surface area contributed by atoms with E-state index in [4.69, 9.17) is 4.74 Å². The van der Waals surface area contributed by atoms with Crippen LogP contribution in [0.2, 0.25) is 0 Å². The molecule has 0 spiro atoms. The van der Waals surface area contributed by atoms with Gasteiger partial charge in [0.1, 0.15) is 0 Å². The number of ether oxygens (including phenoxy) is 1.